The molecule has 1 aromatic carbocycles. The monoisotopic (exact) mass is 210 g/mol. The highest BCUT2D eigenvalue weighted by Gasteiger charge is 2.10. The first-order valence-corrected chi connectivity index (χ1v) is 5.00. The molecule has 0 radical (unpaired) electrons. The van der Waals surface area contributed by atoms with Crippen molar-refractivity contribution in [1.82, 2.24) is 0 Å². The zero-order valence-electron chi connectivity index (χ0n) is 9.49. The molecule has 0 saturated carbocycles. The van der Waals surface area contributed by atoms with Gasteiger partial charge in [-0.3, -0.25) is 0 Å². The third-order valence-corrected chi connectivity index (χ3v) is 2.25. The maximum Gasteiger partial charge on any atom is 0.122 e. The molecule has 0 fully saturated rings. The SMILES string of the molecule is COCc1cccc(OC)c1CC(C)O. The van der Waals surface area contributed by atoms with Gasteiger partial charge in [0.15, 0.2) is 0 Å². The first kappa shape index (κ1) is 12.0. The summed E-state index contributed by atoms with van der Waals surface area (Å²) in [6, 6.07) is 5.82. The van der Waals surface area contributed by atoms with Gasteiger partial charge in [0, 0.05) is 19.1 Å². The van der Waals surface area contributed by atoms with Gasteiger partial charge in [-0.2, -0.15) is 0 Å². The van der Waals surface area contributed by atoms with E-state index >= 15 is 0 Å². The van der Waals surface area contributed by atoms with E-state index in [2.05, 4.69) is 0 Å². The number of ether oxygens (including phenoxy) is 2. The number of aliphatic hydroxyl groups is 1. The van der Waals surface area contributed by atoms with Crippen molar-refractivity contribution in [1.29, 1.82) is 0 Å². The van der Waals surface area contributed by atoms with Gasteiger partial charge in [-0.15, -0.1) is 0 Å². The van der Waals surface area contributed by atoms with E-state index in [1.54, 1.807) is 21.1 Å². The van der Waals surface area contributed by atoms with Gasteiger partial charge in [0.25, 0.3) is 0 Å². The van der Waals surface area contributed by atoms with E-state index in [4.69, 9.17) is 9.47 Å². The average Bonchev–Trinajstić information content (AvgIpc) is 2.20. The van der Waals surface area contributed by atoms with Crippen molar-refractivity contribution in [3.05, 3.63) is 29.3 Å². The molecule has 3 nitrogen and oxygen atoms in total. The van der Waals surface area contributed by atoms with Crippen LogP contribution in [-0.4, -0.2) is 25.4 Å². The van der Waals surface area contributed by atoms with E-state index in [1.807, 2.05) is 18.2 Å². The Morgan fingerprint density at radius 2 is 2.07 bits per heavy atom. The Balaban J connectivity index is 3.02. The maximum atomic E-state index is 9.42. The van der Waals surface area contributed by atoms with Crippen molar-refractivity contribution >= 4 is 0 Å². The van der Waals surface area contributed by atoms with Crippen LogP contribution in [0.15, 0.2) is 18.2 Å². The number of hydrogen-bond donors (Lipinski definition) is 1. The first-order valence-electron chi connectivity index (χ1n) is 5.00. The van der Waals surface area contributed by atoms with Gasteiger partial charge >= 0.3 is 0 Å². The summed E-state index contributed by atoms with van der Waals surface area (Å²) < 4.78 is 10.4. The average molecular weight is 210 g/mol. The zero-order valence-corrected chi connectivity index (χ0v) is 9.49. The minimum Gasteiger partial charge on any atom is -0.496 e. The van der Waals surface area contributed by atoms with Crippen molar-refractivity contribution in [2.24, 2.45) is 0 Å². The number of aliphatic hydroxyl groups excluding tert-OH is 1. The Bertz CT molecular complexity index is 308. The lowest BCUT2D eigenvalue weighted by molar-refractivity contribution is 0.177. The largest absolute Gasteiger partial charge is 0.496 e. The fourth-order valence-electron chi connectivity index (χ4n) is 1.62. The fraction of sp³-hybridized carbons (Fsp3) is 0.500. The quantitative estimate of drug-likeness (QED) is 0.805. The van der Waals surface area contributed by atoms with Gasteiger partial charge in [-0.1, -0.05) is 12.1 Å². The molecule has 1 atom stereocenters. The Kier molecular flexibility index (Phi) is 4.59. The Morgan fingerprint density at radius 1 is 1.33 bits per heavy atom. The summed E-state index contributed by atoms with van der Waals surface area (Å²) in [6.07, 6.45) is 0.208. The third kappa shape index (κ3) is 3.22. The molecule has 1 aromatic rings. The molecule has 84 valence electrons. The van der Waals surface area contributed by atoms with Crippen LogP contribution >= 0.6 is 0 Å². The summed E-state index contributed by atoms with van der Waals surface area (Å²) in [5.41, 5.74) is 2.09. The first-order chi connectivity index (χ1) is 7.19. The molecular weight excluding hydrogens is 192 g/mol. The summed E-state index contributed by atoms with van der Waals surface area (Å²) in [5, 5.41) is 9.42. The molecule has 0 aliphatic heterocycles. The normalized spacial score (nSPS) is 12.5. The van der Waals surface area contributed by atoms with Crippen LogP contribution < -0.4 is 4.74 Å². The van der Waals surface area contributed by atoms with E-state index in [0.717, 1.165) is 16.9 Å². The molecule has 1 unspecified atom stereocenters. The molecule has 1 rings (SSSR count). The standard InChI is InChI=1S/C12H18O3/c1-9(13)7-11-10(8-14-2)5-4-6-12(11)15-3/h4-6,9,13H,7-8H2,1-3H3. The van der Waals surface area contributed by atoms with Crippen LogP contribution in [0.2, 0.25) is 0 Å². The molecule has 0 bridgehead atoms. The summed E-state index contributed by atoms with van der Waals surface area (Å²) >= 11 is 0. The predicted octanol–water partition coefficient (Wildman–Crippen LogP) is 1.76. The third-order valence-electron chi connectivity index (χ3n) is 2.25. The number of methoxy groups -OCH3 is 2. The van der Waals surface area contributed by atoms with E-state index in [-0.39, 0.29) is 6.10 Å². The van der Waals surface area contributed by atoms with E-state index in [0.29, 0.717) is 13.0 Å². The molecule has 0 aromatic heterocycles. The predicted molar refractivity (Wildman–Crippen MR) is 59.1 cm³/mol. The van der Waals surface area contributed by atoms with Crippen molar-refractivity contribution in [2.75, 3.05) is 14.2 Å². The summed E-state index contributed by atoms with van der Waals surface area (Å²) in [4.78, 5) is 0. The second-order valence-corrected chi connectivity index (χ2v) is 3.58. The number of rotatable bonds is 5. The molecule has 0 spiro atoms. The Morgan fingerprint density at radius 3 is 2.60 bits per heavy atom. The van der Waals surface area contributed by atoms with E-state index in [1.165, 1.54) is 0 Å². The summed E-state index contributed by atoms with van der Waals surface area (Å²) in [5.74, 6) is 0.811. The summed E-state index contributed by atoms with van der Waals surface area (Å²) in [6.45, 7) is 2.31. The van der Waals surface area contributed by atoms with Crippen LogP contribution in [0.25, 0.3) is 0 Å². The van der Waals surface area contributed by atoms with Crippen molar-refractivity contribution < 1.29 is 14.6 Å². The topological polar surface area (TPSA) is 38.7 Å². The van der Waals surface area contributed by atoms with Crippen molar-refractivity contribution in [3.8, 4) is 5.75 Å². The highest BCUT2D eigenvalue weighted by atomic mass is 16.5. The maximum absolute atomic E-state index is 9.42. The van der Waals surface area contributed by atoms with Crippen LogP contribution in [0.5, 0.6) is 5.75 Å². The van der Waals surface area contributed by atoms with E-state index < -0.39 is 0 Å². The molecule has 0 aliphatic carbocycles. The van der Waals surface area contributed by atoms with Crippen LogP contribution in [0.1, 0.15) is 18.1 Å². The van der Waals surface area contributed by atoms with Crippen LogP contribution in [0.4, 0.5) is 0 Å². The molecule has 0 aliphatic rings. The molecule has 3 heteroatoms. The highest BCUT2D eigenvalue weighted by Crippen LogP contribution is 2.24. The van der Waals surface area contributed by atoms with Crippen molar-refractivity contribution in [2.45, 2.75) is 26.1 Å². The van der Waals surface area contributed by atoms with Gasteiger partial charge in [-0.25, -0.2) is 0 Å². The van der Waals surface area contributed by atoms with Gasteiger partial charge in [0.2, 0.25) is 0 Å². The smallest absolute Gasteiger partial charge is 0.122 e. The zero-order chi connectivity index (χ0) is 11.3. The van der Waals surface area contributed by atoms with E-state index in [9.17, 15) is 5.11 Å². The Hall–Kier alpha value is -1.06. The molecular formula is C12H18O3. The molecule has 0 heterocycles. The minimum atomic E-state index is -0.378. The van der Waals surface area contributed by atoms with Crippen LogP contribution in [0, 0.1) is 0 Å². The molecule has 0 amide bonds. The molecule has 15 heavy (non-hydrogen) atoms. The number of hydrogen-bond acceptors (Lipinski definition) is 3. The fourth-order valence-corrected chi connectivity index (χ4v) is 1.62. The highest BCUT2D eigenvalue weighted by molar-refractivity contribution is 5.40. The molecule has 1 N–H and O–H groups in total. The second-order valence-electron chi connectivity index (χ2n) is 3.58. The lowest BCUT2D eigenvalue weighted by Gasteiger charge is -2.14. The van der Waals surface area contributed by atoms with Gasteiger partial charge in [0.1, 0.15) is 5.75 Å². The summed E-state index contributed by atoms with van der Waals surface area (Å²) in [7, 11) is 3.29. The minimum absolute atomic E-state index is 0.378. The lowest BCUT2D eigenvalue weighted by atomic mass is 10.0. The second kappa shape index (κ2) is 5.73. The van der Waals surface area contributed by atoms with Crippen molar-refractivity contribution in [3.63, 3.8) is 0 Å². The van der Waals surface area contributed by atoms with Crippen LogP contribution in [0.3, 0.4) is 0 Å². The van der Waals surface area contributed by atoms with Gasteiger partial charge < -0.3 is 14.6 Å². The lowest BCUT2D eigenvalue weighted by Crippen LogP contribution is -2.09. The number of benzene rings is 1. The van der Waals surface area contributed by atoms with Gasteiger partial charge in [-0.05, 0) is 18.6 Å². The van der Waals surface area contributed by atoms with Gasteiger partial charge in [0.05, 0.1) is 19.8 Å². The van der Waals surface area contributed by atoms with Crippen LogP contribution in [-0.2, 0) is 17.8 Å². The molecule has 0 saturated heterocycles. The Labute approximate surface area is 90.6 Å².